The zero-order chi connectivity index (χ0) is 19.1. The van der Waals surface area contributed by atoms with Crippen LogP contribution in [-0.2, 0) is 11.2 Å². The SMILES string of the molecule is O=C(Cc1ccc([N+](=O)[O-])cc1)NCC#CCOc1ccc2c(c1)OCO2. The molecule has 0 atom stereocenters. The zero-order valence-corrected chi connectivity index (χ0v) is 14.3. The first-order chi connectivity index (χ1) is 13.1. The molecule has 8 heteroatoms. The first kappa shape index (κ1) is 18.1. The maximum Gasteiger partial charge on any atom is 0.269 e. The van der Waals surface area contributed by atoms with Crippen LogP contribution in [0.1, 0.15) is 5.56 Å². The van der Waals surface area contributed by atoms with Gasteiger partial charge in [0.25, 0.3) is 5.69 Å². The van der Waals surface area contributed by atoms with Crippen LogP contribution in [0.3, 0.4) is 0 Å². The summed E-state index contributed by atoms with van der Waals surface area (Å²) in [6, 6.07) is 11.1. The van der Waals surface area contributed by atoms with E-state index in [9.17, 15) is 14.9 Å². The lowest BCUT2D eigenvalue weighted by Gasteiger charge is -2.03. The summed E-state index contributed by atoms with van der Waals surface area (Å²) in [6.45, 7) is 0.576. The van der Waals surface area contributed by atoms with Crippen molar-refractivity contribution in [2.75, 3.05) is 19.9 Å². The van der Waals surface area contributed by atoms with Gasteiger partial charge in [0.05, 0.1) is 17.9 Å². The quantitative estimate of drug-likeness (QED) is 0.476. The molecule has 0 radical (unpaired) electrons. The third-order valence-electron chi connectivity index (χ3n) is 3.67. The van der Waals surface area contributed by atoms with E-state index in [0.717, 1.165) is 0 Å². The number of nitrogens with one attached hydrogen (secondary N) is 1. The summed E-state index contributed by atoms with van der Waals surface area (Å²) in [4.78, 5) is 21.9. The van der Waals surface area contributed by atoms with Crippen molar-refractivity contribution in [3.63, 3.8) is 0 Å². The van der Waals surface area contributed by atoms with Crippen molar-refractivity contribution in [3.05, 3.63) is 58.1 Å². The molecule has 0 fully saturated rings. The molecule has 1 N–H and O–H groups in total. The Kier molecular flexibility index (Phi) is 5.74. The van der Waals surface area contributed by atoms with E-state index in [1.165, 1.54) is 12.1 Å². The van der Waals surface area contributed by atoms with Crippen LogP contribution in [0.5, 0.6) is 17.2 Å². The van der Waals surface area contributed by atoms with E-state index >= 15 is 0 Å². The molecule has 1 aliphatic heterocycles. The summed E-state index contributed by atoms with van der Waals surface area (Å²) >= 11 is 0. The highest BCUT2D eigenvalue weighted by molar-refractivity contribution is 5.78. The Bertz CT molecular complexity index is 899. The lowest BCUT2D eigenvalue weighted by atomic mass is 10.1. The van der Waals surface area contributed by atoms with Crippen LogP contribution >= 0.6 is 0 Å². The molecule has 1 amide bonds. The number of amides is 1. The number of non-ortho nitro benzene ring substituents is 1. The summed E-state index contributed by atoms with van der Waals surface area (Å²) in [6.07, 6.45) is 0.132. The second-order valence-corrected chi connectivity index (χ2v) is 5.53. The Labute approximate surface area is 155 Å². The largest absolute Gasteiger partial charge is 0.481 e. The Morgan fingerprint density at radius 2 is 1.93 bits per heavy atom. The number of fused-ring (bicyclic) bond motifs is 1. The van der Waals surface area contributed by atoms with Gasteiger partial charge in [0.15, 0.2) is 11.5 Å². The highest BCUT2D eigenvalue weighted by atomic mass is 16.7. The average molecular weight is 368 g/mol. The number of rotatable bonds is 6. The predicted octanol–water partition coefficient (Wildman–Crippen LogP) is 2.06. The summed E-state index contributed by atoms with van der Waals surface area (Å²) in [5, 5.41) is 13.3. The number of benzene rings is 2. The van der Waals surface area contributed by atoms with Gasteiger partial charge in [-0.05, 0) is 17.7 Å². The van der Waals surface area contributed by atoms with Crippen LogP contribution in [0.4, 0.5) is 5.69 Å². The van der Waals surface area contributed by atoms with E-state index in [1.54, 1.807) is 30.3 Å². The van der Waals surface area contributed by atoms with E-state index in [1.807, 2.05) is 0 Å². The summed E-state index contributed by atoms with van der Waals surface area (Å²) in [7, 11) is 0. The number of ether oxygens (including phenoxy) is 3. The highest BCUT2D eigenvalue weighted by Crippen LogP contribution is 2.34. The van der Waals surface area contributed by atoms with Gasteiger partial charge in [-0.15, -0.1) is 0 Å². The lowest BCUT2D eigenvalue weighted by Crippen LogP contribution is -2.25. The number of hydrogen-bond donors (Lipinski definition) is 1. The minimum absolute atomic E-state index is 0.00696. The van der Waals surface area contributed by atoms with Crippen molar-refractivity contribution in [3.8, 4) is 29.1 Å². The molecule has 0 spiro atoms. The van der Waals surface area contributed by atoms with Gasteiger partial charge in [0.1, 0.15) is 12.4 Å². The van der Waals surface area contributed by atoms with Gasteiger partial charge in [0.2, 0.25) is 12.7 Å². The van der Waals surface area contributed by atoms with Crippen molar-refractivity contribution >= 4 is 11.6 Å². The smallest absolute Gasteiger partial charge is 0.269 e. The molecule has 0 bridgehead atoms. The Balaban J connectivity index is 1.37. The molecule has 0 unspecified atom stereocenters. The average Bonchev–Trinajstić information content (AvgIpc) is 3.13. The molecule has 2 aromatic carbocycles. The fourth-order valence-electron chi connectivity index (χ4n) is 2.33. The number of nitro benzene ring substituents is 1. The van der Waals surface area contributed by atoms with E-state index in [0.29, 0.717) is 22.8 Å². The van der Waals surface area contributed by atoms with Gasteiger partial charge < -0.3 is 19.5 Å². The molecule has 27 heavy (non-hydrogen) atoms. The van der Waals surface area contributed by atoms with E-state index in [2.05, 4.69) is 17.2 Å². The number of hydrogen-bond acceptors (Lipinski definition) is 6. The zero-order valence-electron chi connectivity index (χ0n) is 14.3. The van der Waals surface area contributed by atoms with Crippen LogP contribution in [0.15, 0.2) is 42.5 Å². The molecule has 1 heterocycles. The van der Waals surface area contributed by atoms with Crippen molar-refractivity contribution in [1.82, 2.24) is 5.32 Å². The fourth-order valence-corrected chi connectivity index (χ4v) is 2.33. The van der Waals surface area contributed by atoms with Gasteiger partial charge in [-0.1, -0.05) is 24.0 Å². The van der Waals surface area contributed by atoms with E-state index in [4.69, 9.17) is 14.2 Å². The van der Waals surface area contributed by atoms with Crippen molar-refractivity contribution in [1.29, 1.82) is 0 Å². The van der Waals surface area contributed by atoms with Crippen molar-refractivity contribution in [2.45, 2.75) is 6.42 Å². The van der Waals surface area contributed by atoms with Gasteiger partial charge in [0, 0.05) is 18.2 Å². The van der Waals surface area contributed by atoms with Crippen LogP contribution < -0.4 is 19.5 Å². The maximum absolute atomic E-state index is 11.8. The Morgan fingerprint density at radius 1 is 1.15 bits per heavy atom. The monoisotopic (exact) mass is 368 g/mol. The Hall–Kier alpha value is -3.73. The molecule has 0 aliphatic carbocycles. The van der Waals surface area contributed by atoms with Crippen LogP contribution in [0, 0.1) is 22.0 Å². The molecule has 0 saturated carbocycles. The number of nitrogens with zero attached hydrogens (tertiary/aromatic N) is 1. The standard InChI is InChI=1S/C19H16N2O6/c22-19(11-14-3-5-15(6-4-14)21(23)24)20-9-1-2-10-25-16-7-8-17-18(12-16)27-13-26-17/h3-8,12H,9-11,13H2,(H,20,22). The maximum atomic E-state index is 11.8. The van der Waals surface area contributed by atoms with Gasteiger partial charge in [-0.25, -0.2) is 0 Å². The second kappa shape index (κ2) is 8.58. The molecule has 0 aromatic heterocycles. The van der Waals surface area contributed by atoms with Crippen LogP contribution in [0.25, 0.3) is 0 Å². The Morgan fingerprint density at radius 3 is 2.70 bits per heavy atom. The number of carbonyl (C=O) groups excluding carboxylic acids is 1. The molecule has 1 aliphatic rings. The normalized spacial score (nSPS) is 11.3. The minimum Gasteiger partial charge on any atom is -0.481 e. The summed E-state index contributed by atoms with van der Waals surface area (Å²) in [5.41, 5.74) is 0.685. The molecule has 138 valence electrons. The fraction of sp³-hybridized carbons (Fsp3) is 0.211. The second-order valence-electron chi connectivity index (χ2n) is 5.53. The number of nitro groups is 1. The third-order valence-corrected chi connectivity index (χ3v) is 3.67. The number of carbonyl (C=O) groups is 1. The highest BCUT2D eigenvalue weighted by Gasteiger charge is 2.13. The van der Waals surface area contributed by atoms with Crippen molar-refractivity contribution < 1.29 is 23.9 Å². The topological polar surface area (TPSA) is 99.9 Å². The first-order valence-electron chi connectivity index (χ1n) is 8.10. The molecular weight excluding hydrogens is 352 g/mol. The minimum atomic E-state index is -0.481. The van der Waals surface area contributed by atoms with E-state index < -0.39 is 4.92 Å². The molecule has 0 saturated heterocycles. The molecule has 8 nitrogen and oxygen atoms in total. The van der Waals surface area contributed by atoms with Gasteiger partial charge in [-0.2, -0.15) is 0 Å². The summed E-state index contributed by atoms with van der Waals surface area (Å²) in [5.74, 6) is 7.33. The summed E-state index contributed by atoms with van der Waals surface area (Å²) < 4.78 is 16.0. The molecule has 3 rings (SSSR count). The van der Waals surface area contributed by atoms with Crippen molar-refractivity contribution in [2.24, 2.45) is 0 Å². The predicted molar refractivity (Wildman–Crippen MR) is 95.6 cm³/mol. The first-order valence-corrected chi connectivity index (χ1v) is 8.10. The van der Waals surface area contributed by atoms with E-state index in [-0.39, 0.29) is 38.0 Å². The van der Waals surface area contributed by atoms with Crippen LogP contribution in [0.2, 0.25) is 0 Å². The lowest BCUT2D eigenvalue weighted by molar-refractivity contribution is -0.384. The van der Waals surface area contributed by atoms with Crippen LogP contribution in [-0.4, -0.2) is 30.8 Å². The van der Waals surface area contributed by atoms with Gasteiger partial charge >= 0.3 is 0 Å². The van der Waals surface area contributed by atoms with Gasteiger partial charge in [-0.3, -0.25) is 14.9 Å². The molecule has 2 aromatic rings. The third kappa shape index (κ3) is 5.12. The molecular formula is C19H16N2O6.